The van der Waals surface area contributed by atoms with Crippen molar-refractivity contribution in [1.82, 2.24) is 19.7 Å². The van der Waals surface area contributed by atoms with Crippen LogP contribution in [0.3, 0.4) is 0 Å². The van der Waals surface area contributed by atoms with E-state index in [1.807, 2.05) is 36.7 Å². The van der Waals surface area contributed by atoms with Gasteiger partial charge in [0, 0.05) is 42.4 Å². The highest BCUT2D eigenvalue weighted by Crippen LogP contribution is 2.43. The van der Waals surface area contributed by atoms with Crippen molar-refractivity contribution in [3.8, 4) is 5.69 Å². The van der Waals surface area contributed by atoms with Gasteiger partial charge in [0.15, 0.2) is 5.13 Å². The van der Waals surface area contributed by atoms with Crippen LogP contribution >= 0.6 is 11.3 Å². The number of imide groups is 1. The smallest absolute Gasteiger partial charge is 0.306 e. The molecule has 1 aromatic carbocycles. The first kappa shape index (κ1) is 26.5. The molecule has 3 amide bonds. The van der Waals surface area contributed by atoms with Gasteiger partial charge in [-0.2, -0.15) is 5.10 Å². The molecule has 39 heavy (non-hydrogen) atoms. The van der Waals surface area contributed by atoms with Gasteiger partial charge >= 0.3 is 5.97 Å². The molecule has 11 heteroatoms. The summed E-state index contributed by atoms with van der Waals surface area (Å²) in [5.41, 5.74) is 2.40. The van der Waals surface area contributed by atoms with E-state index in [1.165, 1.54) is 46.1 Å². The van der Waals surface area contributed by atoms with Crippen molar-refractivity contribution in [3.63, 3.8) is 0 Å². The number of aromatic nitrogens is 3. The van der Waals surface area contributed by atoms with Crippen LogP contribution in [0.15, 0.2) is 55.0 Å². The van der Waals surface area contributed by atoms with Crippen molar-refractivity contribution in [2.45, 2.75) is 57.5 Å². The summed E-state index contributed by atoms with van der Waals surface area (Å²) in [4.78, 5) is 54.4. The van der Waals surface area contributed by atoms with Crippen LogP contribution in [0.25, 0.3) is 5.69 Å². The van der Waals surface area contributed by atoms with Gasteiger partial charge in [0.05, 0.1) is 18.3 Å². The summed E-state index contributed by atoms with van der Waals surface area (Å²) in [5.74, 6) is -0.394. The Labute approximate surface area is 229 Å². The van der Waals surface area contributed by atoms with E-state index in [0.717, 1.165) is 16.8 Å². The van der Waals surface area contributed by atoms with E-state index in [4.69, 9.17) is 4.74 Å². The van der Waals surface area contributed by atoms with Gasteiger partial charge in [-0.3, -0.25) is 24.1 Å². The number of ether oxygens (including phenoxy) is 1. The Kier molecular flexibility index (Phi) is 8.26. The van der Waals surface area contributed by atoms with E-state index in [1.54, 1.807) is 10.9 Å². The third kappa shape index (κ3) is 7.26. The number of anilines is 1. The van der Waals surface area contributed by atoms with Crippen molar-refractivity contribution in [2.75, 3.05) is 11.9 Å². The molecule has 1 saturated carbocycles. The van der Waals surface area contributed by atoms with Crippen LogP contribution in [0.1, 0.15) is 60.4 Å². The lowest BCUT2D eigenvalue weighted by Crippen LogP contribution is -2.30. The van der Waals surface area contributed by atoms with E-state index in [9.17, 15) is 19.2 Å². The van der Waals surface area contributed by atoms with E-state index in [0.29, 0.717) is 36.9 Å². The maximum Gasteiger partial charge on any atom is 0.306 e. The Bertz CT molecular complexity index is 1390. The van der Waals surface area contributed by atoms with Crippen LogP contribution in [0.2, 0.25) is 0 Å². The molecule has 202 valence electrons. The number of hydrogen-bond acceptors (Lipinski definition) is 8. The third-order valence-electron chi connectivity index (χ3n) is 6.49. The van der Waals surface area contributed by atoms with Gasteiger partial charge in [-0.05, 0) is 54.9 Å². The van der Waals surface area contributed by atoms with Crippen LogP contribution in [-0.4, -0.2) is 49.9 Å². The van der Waals surface area contributed by atoms with Crippen molar-refractivity contribution in [3.05, 3.63) is 71.0 Å². The normalized spacial score (nSPS) is 14.7. The minimum atomic E-state index is -0.299. The lowest BCUT2D eigenvalue weighted by Gasteiger charge is -2.13. The summed E-state index contributed by atoms with van der Waals surface area (Å²) in [6.07, 6.45) is 12.7. The topological polar surface area (TPSA) is 123 Å². The maximum absolute atomic E-state index is 12.5. The Morgan fingerprint density at radius 2 is 1.87 bits per heavy atom. The molecule has 2 aliphatic rings. The molecule has 0 saturated heterocycles. The van der Waals surface area contributed by atoms with E-state index in [2.05, 4.69) is 15.4 Å². The number of nitrogens with one attached hydrogen (secondary N) is 1. The molecule has 10 nitrogen and oxygen atoms in total. The van der Waals surface area contributed by atoms with Gasteiger partial charge in [-0.1, -0.05) is 18.6 Å². The monoisotopic (exact) mass is 547 g/mol. The highest BCUT2D eigenvalue weighted by Gasteiger charge is 2.26. The minimum absolute atomic E-state index is 0.137. The Hall–Kier alpha value is -4.12. The SMILES string of the molecule is O=C(Cc1cnn(-c2cccc(COC(=O)CCCCCN3C(=O)C=CC3=O)c2)c1)Nc1ncc(C2CC2)s1. The predicted molar refractivity (Wildman–Crippen MR) is 144 cm³/mol. The second-order valence-corrected chi connectivity index (χ2v) is 10.7. The van der Waals surface area contributed by atoms with E-state index in [-0.39, 0.29) is 43.1 Å². The summed E-state index contributed by atoms with van der Waals surface area (Å²) < 4.78 is 7.10. The van der Waals surface area contributed by atoms with Gasteiger partial charge in [0.2, 0.25) is 5.91 Å². The molecule has 0 bridgehead atoms. The first-order valence-electron chi connectivity index (χ1n) is 13.0. The molecular formula is C28H29N5O5S. The van der Waals surface area contributed by atoms with E-state index < -0.39 is 0 Å². The first-order chi connectivity index (χ1) is 18.9. The number of carbonyl (C=O) groups excluding carboxylic acids is 4. The van der Waals surface area contributed by atoms with Gasteiger partial charge in [-0.15, -0.1) is 11.3 Å². The largest absolute Gasteiger partial charge is 0.461 e. The Morgan fingerprint density at radius 1 is 1.05 bits per heavy atom. The molecule has 0 radical (unpaired) electrons. The third-order valence-corrected chi connectivity index (χ3v) is 7.56. The van der Waals surface area contributed by atoms with Crippen LogP contribution in [0, 0.1) is 0 Å². The Morgan fingerprint density at radius 3 is 2.67 bits per heavy atom. The molecule has 1 fully saturated rings. The molecule has 1 aliphatic carbocycles. The second kappa shape index (κ2) is 12.2. The highest BCUT2D eigenvalue weighted by molar-refractivity contribution is 7.15. The maximum atomic E-state index is 12.5. The first-order valence-corrected chi connectivity index (χ1v) is 13.8. The lowest BCUT2D eigenvalue weighted by atomic mass is 10.2. The predicted octanol–water partition coefficient (Wildman–Crippen LogP) is 3.92. The quantitative estimate of drug-likeness (QED) is 0.195. The number of esters is 1. The average molecular weight is 548 g/mol. The van der Waals surface area contributed by atoms with Gasteiger partial charge in [0.1, 0.15) is 6.61 Å². The fourth-order valence-electron chi connectivity index (χ4n) is 4.23. The van der Waals surface area contributed by atoms with Gasteiger partial charge < -0.3 is 10.1 Å². The molecule has 0 spiro atoms. The van der Waals surface area contributed by atoms with Crippen LogP contribution in [0.5, 0.6) is 0 Å². The number of carbonyl (C=O) groups is 4. The number of hydrogen-bond donors (Lipinski definition) is 1. The van der Waals surface area contributed by atoms with Crippen molar-refractivity contribution >= 4 is 40.2 Å². The average Bonchev–Trinajstić information content (AvgIpc) is 3.34. The highest BCUT2D eigenvalue weighted by atomic mass is 32.1. The number of rotatable bonds is 13. The summed E-state index contributed by atoms with van der Waals surface area (Å²) >= 11 is 1.54. The zero-order chi connectivity index (χ0) is 27.2. The number of thiazole rings is 1. The van der Waals surface area contributed by atoms with Crippen LogP contribution in [0.4, 0.5) is 5.13 Å². The fraction of sp³-hybridized carbons (Fsp3) is 0.357. The number of nitrogens with zero attached hydrogens (tertiary/aromatic N) is 4. The zero-order valence-corrected chi connectivity index (χ0v) is 22.2. The summed E-state index contributed by atoms with van der Waals surface area (Å²) in [6, 6.07) is 7.51. The summed E-state index contributed by atoms with van der Waals surface area (Å²) in [5, 5.41) is 7.88. The summed E-state index contributed by atoms with van der Waals surface area (Å²) in [7, 11) is 0. The Balaban J connectivity index is 1.03. The lowest BCUT2D eigenvalue weighted by molar-refractivity contribution is -0.145. The van der Waals surface area contributed by atoms with Gasteiger partial charge in [0.25, 0.3) is 11.8 Å². The summed E-state index contributed by atoms with van der Waals surface area (Å²) in [6.45, 7) is 0.502. The van der Waals surface area contributed by atoms with Crippen molar-refractivity contribution in [1.29, 1.82) is 0 Å². The number of benzene rings is 1. The second-order valence-electron chi connectivity index (χ2n) is 9.66. The molecular weight excluding hydrogens is 518 g/mol. The molecule has 1 N–H and O–H groups in total. The molecule has 3 heterocycles. The number of unbranched alkanes of at least 4 members (excludes halogenated alkanes) is 2. The zero-order valence-electron chi connectivity index (χ0n) is 21.4. The molecule has 2 aromatic heterocycles. The standard InChI is InChI=1S/C28H29N5O5S/c34-24(31-28-29-16-23(39-28)21-8-9-21)14-20-15-30-33(17-20)22-6-4-5-19(13-22)18-38-27(37)7-2-1-3-12-32-25(35)10-11-26(32)36/h4-6,10-11,13,15-17,21H,1-3,7-9,12,14,18H2,(H,29,31,34). The van der Waals surface area contributed by atoms with Crippen LogP contribution < -0.4 is 5.32 Å². The molecule has 0 unspecified atom stereocenters. The number of amides is 3. The molecule has 1 aliphatic heterocycles. The van der Waals surface area contributed by atoms with Gasteiger partial charge in [-0.25, -0.2) is 9.67 Å². The molecule has 3 aromatic rings. The van der Waals surface area contributed by atoms with Crippen LogP contribution in [-0.2, 0) is 36.9 Å². The van der Waals surface area contributed by atoms with Crippen molar-refractivity contribution < 1.29 is 23.9 Å². The molecule has 0 atom stereocenters. The van der Waals surface area contributed by atoms with E-state index >= 15 is 0 Å². The fourth-order valence-corrected chi connectivity index (χ4v) is 5.24. The molecule has 5 rings (SSSR count). The van der Waals surface area contributed by atoms with Crippen molar-refractivity contribution in [2.24, 2.45) is 0 Å². The minimum Gasteiger partial charge on any atom is -0.461 e.